The van der Waals surface area contributed by atoms with E-state index in [0.29, 0.717) is 12.4 Å². The maximum atomic E-state index is 11.2. The van der Waals surface area contributed by atoms with E-state index >= 15 is 0 Å². The molecule has 28 heavy (non-hydrogen) atoms. The van der Waals surface area contributed by atoms with Crippen molar-refractivity contribution >= 4 is 5.97 Å². The molecule has 0 heterocycles. The minimum atomic E-state index is -1.01. The van der Waals surface area contributed by atoms with E-state index < -0.39 is 5.97 Å². The van der Waals surface area contributed by atoms with Gasteiger partial charge in [-0.3, -0.25) is 0 Å². The first-order valence-corrected chi connectivity index (χ1v) is 9.22. The van der Waals surface area contributed by atoms with Gasteiger partial charge in [-0.2, -0.15) is 0 Å². The lowest BCUT2D eigenvalue weighted by Crippen LogP contribution is -2.18. The predicted octanol–water partition coefficient (Wildman–Crippen LogP) is 5.17. The van der Waals surface area contributed by atoms with E-state index in [2.05, 4.69) is 50.2 Å². The van der Waals surface area contributed by atoms with Gasteiger partial charge < -0.3 is 14.6 Å². The Kier molecular flexibility index (Phi) is 5.99. The molecule has 4 nitrogen and oxygen atoms in total. The van der Waals surface area contributed by atoms with E-state index in [1.807, 2.05) is 18.2 Å². The summed E-state index contributed by atoms with van der Waals surface area (Å²) in [7, 11) is 0. The number of carboxylic acid groups (broad SMARTS) is 1. The molecule has 4 heteroatoms. The van der Waals surface area contributed by atoms with E-state index in [-0.39, 0.29) is 17.6 Å². The molecule has 0 fully saturated rings. The van der Waals surface area contributed by atoms with Crippen LogP contribution >= 0.6 is 0 Å². The maximum Gasteiger partial charge on any atom is 0.339 e. The number of ether oxygens (including phenoxy) is 2. The van der Waals surface area contributed by atoms with Crippen molar-refractivity contribution in [2.24, 2.45) is 0 Å². The van der Waals surface area contributed by atoms with Crippen molar-refractivity contribution in [2.45, 2.75) is 19.3 Å². The molecule has 3 aromatic rings. The molecule has 0 atom stereocenters. The fourth-order valence-corrected chi connectivity index (χ4v) is 3.07. The molecule has 3 rings (SSSR count). The highest BCUT2D eigenvalue weighted by molar-refractivity contribution is 5.90. The summed E-state index contributed by atoms with van der Waals surface area (Å²) in [4.78, 5) is 11.2. The van der Waals surface area contributed by atoms with Crippen LogP contribution in [0.3, 0.4) is 0 Å². The number of carboxylic acids is 1. The Morgan fingerprint density at radius 3 is 2.04 bits per heavy atom. The number of aromatic carboxylic acids is 1. The normalized spacial score (nSPS) is 11.1. The second kappa shape index (κ2) is 8.61. The quantitative estimate of drug-likeness (QED) is 0.551. The zero-order valence-electron chi connectivity index (χ0n) is 16.1. The van der Waals surface area contributed by atoms with Crippen LogP contribution in [-0.2, 0) is 5.41 Å². The summed E-state index contributed by atoms with van der Waals surface area (Å²) in [5.74, 6) is 0.0921. The Morgan fingerprint density at radius 2 is 1.36 bits per heavy atom. The number of rotatable bonds is 8. The van der Waals surface area contributed by atoms with Crippen LogP contribution in [-0.4, -0.2) is 24.3 Å². The smallest absolute Gasteiger partial charge is 0.339 e. The van der Waals surface area contributed by atoms with Crippen LogP contribution in [0.25, 0.3) is 0 Å². The largest absolute Gasteiger partial charge is 0.490 e. The van der Waals surface area contributed by atoms with Gasteiger partial charge in [0.25, 0.3) is 0 Å². The average molecular weight is 376 g/mol. The minimum Gasteiger partial charge on any atom is -0.490 e. The average Bonchev–Trinajstić information content (AvgIpc) is 2.72. The highest BCUT2D eigenvalue weighted by Gasteiger charge is 2.22. The van der Waals surface area contributed by atoms with Crippen LogP contribution in [0.5, 0.6) is 11.5 Å². The van der Waals surface area contributed by atoms with Crippen LogP contribution in [0.15, 0.2) is 78.9 Å². The van der Waals surface area contributed by atoms with Crippen LogP contribution in [0.2, 0.25) is 0 Å². The van der Waals surface area contributed by atoms with E-state index in [1.54, 1.807) is 18.2 Å². The first-order valence-electron chi connectivity index (χ1n) is 9.22. The van der Waals surface area contributed by atoms with Crippen LogP contribution in [0, 0.1) is 0 Å². The molecule has 0 unspecified atom stereocenters. The lowest BCUT2D eigenvalue weighted by atomic mass is 9.78. The predicted molar refractivity (Wildman–Crippen MR) is 109 cm³/mol. The number of hydrogen-bond acceptors (Lipinski definition) is 3. The minimum absolute atomic E-state index is 0.0938. The molecule has 0 aromatic heterocycles. The van der Waals surface area contributed by atoms with E-state index in [9.17, 15) is 4.79 Å². The van der Waals surface area contributed by atoms with Gasteiger partial charge in [0.05, 0.1) is 0 Å². The van der Waals surface area contributed by atoms with Crippen molar-refractivity contribution in [1.82, 2.24) is 0 Å². The van der Waals surface area contributed by atoms with E-state index in [0.717, 1.165) is 5.75 Å². The van der Waals surface area contributed by atoms with Crippen LogP contribution in [0.4, 0.5) is 0 Å². The summed E-state index contributed by atoms with van der Waals surface area (Å²) >= 11 is 0. The number of para-hydroxylation sites is 1. The monoisotopic (exact) mass is 376 g/mol. The van der Waals surface area contributed by atoms with Gasteiger partial charge in [-0.25, -0.2) is 4.79 Å². The Balaban J connectivity index is 1.56. The van der Waals surface area contributed by atoms with Crippen molar-refractivity contribution in [1.29, 1.82) is 0 Å². The highest BCUT2D eigenvalue weighted by Crippen LogP contribution is 2.32. The summed E-state index contributed by atoms with van der Waals surface area (Å²) in [5, 5.41) is 9.16. The Morgan fingerprint density at radius 1 is 0.786 bits per heavy atom. The molecule has 144 valence electrons. The second-order valence-corrected chi connectivity index (χ2v) is 7.01. The van der Waals surface area contributed by atoms with Crippen molar-refractivity contribution in [3.63, 3.8) is 0 Å². The number of carbonyl (C=O) groups is 1. The third-order valence-corrected chi connectivity index (χ3v) is 4.80. The summed E-state index contributed by atoms with van der Waals surface area (Å²) in [6, 6.07) is 25.0. The van der Waals surface area contributed by atoms with Crippen molar-refractivity contribution in [3.05, 3.63) is 95.6 Å². The Hall–Kier alpha value is -3.27. The molecule has 0 radical (unpaired) electrons. The van der Waals surface area contributed by atoms with Crippen LogP contribution in [0.1, 0.15) is 35.3 Å². The molecule has 0 aliphatic heterocycles. The highest BCUT2D eigenvalue weighted by atomic mass is 16.5. The van der Waals surface area contributed by atoms with Gasteiger partial charge in [0.15, 0.2) is 0 Å². The molecule has 3 aromatic carbocycles. The lowest BCUT2D eigenvalue weighted by Gasteiger charge is -2.26. The van der Waals surface area contributed by atoms with Crippen molar-refractivity contribution < 1.29 is 19.4 Å². The topological polar surface area (TPSA) is 55.8 Å². The number of benzene rings is 3. The molecule has 0 bridgehead atoms. The SMILES string of the molecule is CC(C)(c1ccccc1)c1ccc(OCCOc2ccccc2C(=O)O)cc1. The molecule has 0 saturated carbocycles. The molecule has 0 aliphatic rings. The molecule has 0 saturated heterocycles. The molecule has 0 amide bonds. The fraction of sp³-hybridized carbons (Fsp3) is 0.208. The summed E-state index contributed by atoms with van der Waals surface area (Å²) in [5.41, 5.74) is 2.52. The van der Waals surface area contributed by atoms with Gasteiger partial charge in [0.2, 0.25) is 0 Å². The fourth-order valence-electron chi connectivity index (χ4n) is 3.07. The van der Waals surface area contributed by atoms with Gasteiger partial charge in [-0.05, 0) is 35.4 Å². The summed E-state index contributed by atoms with van der Waals surface area (Å²) < 4.78 is 11.3. The Labute approximate surface area is 165 Å². The molecule has 0 aliphatic carbocycles. The first kappa shape index (κ1) is 19.5. The second-order valence-electron chi connectivity index (χ2n) is 7.01. The standard InChI is InChI=1S/C24H24O4/c1-24(2,18-8-4-3-5-9-18)19-12-14-20(15-13-19)27-16-17-28-22-11-7-6-10-21(22)23(25)26/h3-15H,16-17H2,1-2H3,(H,25,26). The Bertz CT molecular complexity index is 915. The first-order chi connectivity index (χ1) is 13.5. The molecule has 0 spiro atoms. The zero-order valence-corrected chi connectivity index (χ0v) is 16.1. The lowest BCUT2D eigenvalue weighted by molar-refractivity contribution is 0.0691. The van der Waals surface area contributed by atoms with Gasteiger partial charge in [0, 0.05) is 5.41 Å². The van der Waals surface area contributed by atoms with E-state index in [1.165, 1.54) is 17.2 Å². The third kappa shape index (κ3) is 4.52. The number of hydrogen-bond donors (Lipinski definition) is 1. The van der Waals surface area contributed by atoms with Crippen LogP contribution < -0.4 is 9.47 Å². The summed E-state index contributed by atoms with van der Waals surface area (Å²) in [6.07, 6.45) is 0. The van der Waals surface area contributed by atoms with Gasteiger partial charge in [-0.1, -0.05) is 68.4 Å². The summed E-state index contributed by atoms with van der Waals surface area (Å²) in [6.45, 7) is 4.99. The molecular weight excluding hydrogens is 352 g/mol. The molecule has 1 N–H and O–H groups in total. The van der Waals surface area contributed by atoms with Gasteiger partial charge >= 0.3 is 5.97 Å². The third-order valence-electron chi connectivity index (χ3n) is 4.80. The zero-order chi connectivity index (χ0) is 20.0. The maximum absolute atomic E-state index is 11.2. The van der Waals surface area contributed by atoms with Crippen molar-refractivity contribution in [2.75, 3.05) is 13.2 Å². The van der Waals surface area contributed by atoms with Gasteiger partial charge in [-0.15, -0.1) is 0 Å². The molecular formula is C24H24O4. The van der Waals surface area contributed by atoms with Gasteiger partial charge in [0.1, 0.15) is 30.3 Å². The van der Waals surface area contributed by atoms with E-state index in [4.69, 9.17) is 14.6 Å². The van der Waals surface area contributed by atoms with Crippen molar-refractivity contribution in [3.8, 4) is 11.5 Å².